The SMILES string of the molecule is [C-]#[N+]c1ccccc1-c1cc2c3cc4ccccc4cc3n3c4cc5ccccc5cc4c(c1)c23. The lowest BCUT2D eigenvalue weighted by atomic mass is 9.97. The molecule has 2 heterocycles. The molecule has 8 rings (SSSR count). The van der Waals surface area contributed by atoms with E-state index in [9.17, 15) is 0 Å². The maximum absolute atomic E-state index is 7.73. The zero-order valence-electron chi connectivity index (χ0n) is 18.8. The van der Waals surface area contributed by atoms with Crippen molar-refractivity contribution in [1.82, 2.24) is 4.40 Å². The van der Waals surface area contributed by atoms with Crippen molar-refractivity contribution in [2.24, 2.45) is 0 Å². The molecule has 0 aliphatic heterocycles. The Hall–Kier alpha value is -4.87. The minimum Gasteiger partial charge on any atom is -0.308 e. The molecule has 0 N–H and O–H groups in total. The smallest absolute Gasteiger partial charge is 0.194 e. The third-order valence-corrected chi connectivity index (χ3v) is 7.46. The molecule has 35 heavy (non-hydrogen) atoms. The van der Waals surface area contributed by atoms with Crippen molar-refractivity contribution in [3.05, 3.63) is 121 Å². The first-order valence-corrected chi connectivity index (χ1v) is 11.8. The van der Waals surface area contributed by atoms with Crippen LogP contribution in [0.5, 0.6) is 0 Å². The summed E-state index contributed by atoms with van der Waals surface area (Å²) >= 11 is 0. The quantitative estimate of drug-likeness (QED) is 0.224. The molecule has 8 aromatic rings. The van der Waals surface area contributed by atoms with E-state index in [4.69, 9.17) is 6.57 Å². The topological polar surface area (TPSA) is 8.77 Å². The lowest BCUT2D eigenvalue weighted by molar-refractivity contribution is 1.38. The van der Waals surface area contributed by atoms with E-state index in [2.05, 4.69) is 100 Å². The fourth-order valence-electron chi connectivity index (χ4n) is 5.89. The molecule has 0 unspecified atom stereocenters. The minimum absolute atomic E-state index is 0.685. The van der Waals surface area contributed by atoms with Gasteiger partial charge in [-0.05, 0) is 69.1 Å². The predicted molar refractivity (Wildman–Crippen MR) is 148 cm³/mol. The third kappa shape index (κ3) is 2.42. The zero-order valence-corrected chi connectivity index (χ0v) is 18.8. The summed E-state index contributed by atoms with van der Waals surface area (Å²) in [5.74, 6) is 0. The second kappa shape index (κ2) is 6.59. The Morgan fingerprint density at radius 3 is 1.54 bits per heavy atom. The van der Waals surface area contributed by atoms with Gasteiger partial charge in [0.15, 0.2) is 5.69 Å². The summed E-state index contributed by atoms with van der Waals surface area (Å²) < 4.78 is 2.44. The van der Waals surface area contributed by atoms with E-state index in [1.54, 1.807) is 0 Å². The fraction of sp³-hybridized carbons (Fsp3) is 0. The number of rotatable bonds is 1. The van der Waals surface area contributed by atoms with Crippen LogP contribution in [0.3, 0.4) is 0 Å². The number of hydrogen-bond acceptors (Lipinski definition) is 0. The molecule has 0 saturated carbocycles. The van der Waals surface area contributed by atoms with E-state index in [-0.39, 0.29) is 0 Å². The molecule has 0 amide bonds. The summed E-state index contributed by atoms with van der Waals surface area (Å²) in [6.45, 7) is 7.73. The van der Waals surface area contributed by atoms with Crippen LogP contribution in [0.25, 0.3) is 75.6 Å². The molecule has 0 aliphatic carbocycles. The predicted octanol–water partition coefficient (Wildman–Crippen LogP) is 9.36. The Morgan fingerprint density at radius 1 is 0.514 bits per heavy atom. The van der Waals surface area contributed by atoms with Crippen LogP contribution in [-0.2, 0) is 0 Å². The first-order valence-electron chi connectivity index (χ1n) is 11.8. The highest BCUT2D eigenvalue weighted by Gasteiger charge is 2.20. The Bertz CT molecular complexity index is 2050. The van der Waals surface area contributed by atoms with Crippen molar-refractivity contribution in [2.45, 2.75) is 0 Å². The van der Waals surface area contributed by atoms with Crippen LogP contribution in [0.1, 0.15) is 0 Å². The van der Waals surface area contributed by atoms with Gasteiger partial charge < -0.3 is 4.40 Å². The molecule has 0 atom stereocenters. The second-order valence-electron chi connectivity index (χ2n) is 9.32. The summed E-state index contributed by atoms with van der Waals surface area (Å²) in [5.41, 5.74) is 6.47. The molecular weight excluding hydrogens is 424 g/mol. The van der Waals surface area contributed by atoms with Gasteiger partial charge in [0.25, 0.3) is 0 Å². The van der Waals surface area contributed by atoms with Gasteiger partial charge in [-0.25, -0.2) is 4.85 Å². The molecule has 0 saturated heterocycles. The summed E-state index contributed by atoms with van der Waals surface area (Å²) in [7, 11) is 0. The van der Waals surface area contributed by atoms with Crippen molar-refractivity contribution in [2.75, 3.05) is 0 Å². The standard InChI is InChI=1S/C33H18N2/c1-34-30-13-7-6-12-25(30)24-16-28-26-14-20-8-2-4-10-22(20)18-31(26)35-32-19-23-11-5-3-9-21(23)15-27(32)29(17-24)33(28)35/h2-19H. The first-order chi connectivity index (χ1) is 17.3. The van der Waals surface area contributed by atoms with Crippen molar-refractivity contribution in [1.29, 1.82) is 0 Å². The maximum atomic E-state index is 7.73. The van der Waals surface area contributed by atoms with E-state index in [1.165, 1.54) is 59.6 Å². The van der Waals surface area contributed by atoms with E-state index < -0.39 is 0 Å². The monoisotopic (exact) mass is 442 g/mol. The second-order valence-corrected chi connectivity index (χ2v) is 9.32. The molecule has 0 spiro atoms. The average molecular weight is 443 g/mol. The van der Waals surface area contributed by atoms with Crippen LogP contribution in [0.2, 0.25) is 0 Å². The van der Waals surface area contributed by atoms with Gasteiger partial charge in [-0.3, -0.25) is 0 Å². The van der Waals surface area contributed by atoms with Crippen LogP contribution < -0.4 is 0 Å². The Kier molecular flexibility index (Phi) is 3.49. The van der Waals surface area contributed by atoms with Crippen molar-refractivity contribution in [3.8, 4) is 11.1 Å². The number of fused-ring (bicyclic) bond motifs is 8. The van der Waals surface area contributed by atoms with E-state index in [1.807, 2.05) is 18.2 Å². The normalized spacial score (nSPS) is 12.0. The Balaban J connectivity index is 1.65. The molecule has 6 aromatic carbocycles. The molecule has 2 heteroatoms. The molecule has 0 radical (unpaired) electrons. The Labute approximate surface area is 201 Å². The van der Waals surface area contributed by atoms with Gasteiger partial charge in [-0.15, -0.1) is 0 Å². The Morgan fingerprint density at radius 2 is 1.00 bits per heavy atom. The number of benzene rings is 6. The van der Waals surface area contributed by atoms with Crippen LogP contribution in [0.15, 0.2) is 109 Å². The number of para-hydroxylation sites is 1. The zero-order chi connectivity index (χ0) is 23.1. The summed E-state index contributed by atoms with van der Waals surface area (Å²) in [4.78, 5) is 3.82. The summed E-state index contributed by atoms with van der Waals surface area (Å²) in [6.07, 6.45) is 0. The lowest BCUT2D eigenvalue weighted by Gasteiger charge is -2.07. The van der Waals surface area contributed by atoms with E-state index in [0.29, 0.717) is 5.69 Å². The van der Waals surface area contributed by atoms with Crippen LogP contribution >= 0.6 is 0 Å². The van der Waals surface area contributed by atoms with Crippen LogP contribution in [-0.4, -0.2) is 4.40 Å². The van der Waals surface area contributed by atoms with Gasteiger partial charge >= 0.3 is 0 Å². The van der Waals surface area contributed by atoms with Gasteiger partial charge in [0.05, 0.1) is 23.1 Å². The highest BCUT2D eigenvalue weighted by molar-refractivity contribution is 6.27. The van der Waals surface area contributed by atoms with Crippen molar-refractivity contribution in [3.63, 3.8) is 0 Å². The maximum Gasteiger partial charge on any atom is 0.194 e. The van der Waals surface area contributed by atoms with Crippen molar-refractivity contribution >= 4 is 65.3 Å². The number of hydrogen-bond donors (Lipinski definition) is 0. The molecule has 0 aliphatic rings. The van der Waals surface area contributed by atoms with Crippen molar-refractivity contribution < 1.29 is 0 Å². The number of aromatic nitrogens is 1. The van der Waals surface area contributed by atoms with Crippen LogP contribution in [0, 0.1) is 6.57 Å². The number of nitrogens with zero attached hydrogens (tertiary/aromatic N) is 2. The molecular formula is C33H18N2. The fourth-order valence-corrected chi connectivity index (χ4v) is 5.89. The first kappa shape index (κ1) is 18.5. The molecule has 0 bridgehead atoms. The highest BCUT2D eigenvalue weighted by atomic mass is 14.9. The lowest BCUT2D eigenvalue weighted by Crippen LogP contribution is -1.82. The third-order valence-electron chi connectivity index (χ3n) is 7.46. The van der Waals surface area contributed by atoms with E-state index >= 15 is 0 Å². The largest absolute Gasteiger partial charge is 0.308 e. The van der Waals surface area contributed by atoms with Gasteiger partial charge in [0.2, 0.25) is 0 Å². The minimum atomic E-state index is 0.685. The molecule has 160 valence electrons. The molecule has 2 nitrogen and oxygen atoms in total. The molecule has 0 fully saturated rings. The summed E-state index contributed by atoms with van der Waals surface area (Å²) in [6, 6.07) is 38.9. The van der Waals surface area contributed by atoms with Crippen LogP contribution in [0.4, 0.5) is 5.69 Å². The molecule has 2 aromatic heterocycles. The van der Waals surface area contributed by atoms with Gasteiger partial charge in [0, 0.05) is 21.5 Å². The average Bonchev–Trinajstić information content (AvgIpc) is 3.40. The van der Waals surface area contributed by atoms with Gasteiger partial charge in [0.1, 0.15) is 0 Å². The van der Waals surface area contributed by atoms with Gasteiger partial charge in [-0.1, -0.05) is 72.8 Å². The van der Waals surface area contributed by atoms with Gasteiger partial charge in [-0.2, -0.15) is 0 Å². The van der Waals surface area contributed by atoms with E-state index in [0.717, 1.165) is 11.1 Å². The summed E-state index contributed by atoms with van der Waals surface area (Å²) in [5, 5.41) is 9.94. The highest BCUT2D eigenvalue weighted by Crippen LogP contribution is 2.44.